The summed E-state index contributed by atoms with van der Waals surface area (Å²) in [6.45, 7) is 2.30. The van der Waals surface area contributed by atoms with Gasteiger partial charge in [-0.3, -0.25) is 0 Å². The van der Waals surface area contributed by atoms with Crippen LogP contribution in [0.1, 0.15) is 30.4 Å². The summed E-state index contributed by atoms with van der Waals surface area (Å²) >= 11 is 5.92. The Bertz CT molecular complexity index is 438. The molecule has 94 valence electrons. The lowest BCUT2D eigenvalue weighted by molar-refractivity contribution is 0.234. The lowest BCUT2D eigenvalue weighted by Gasteiger charge is -2.42. The Morgan fingerprint density at radius 1 is 1.53 bits per heavy atom. The molecule has 0 atom stereocenters. The summed E-state index contributed by atoms with van der Waals surface area (Å²) in [6.07, 6.45) is 2.87. The second kappa shape index (κ2) is 4.46. The van der Waals surface area contributed by atoms with Crippen LogP contribution < -0.4 is 10.5 Å². The van der Waals surface area contributed by atoms with Crippen LogP contribution in [-0.2, 0) is 5.41 Å². The van der Waals surface area contributed by atoms with Crippen LogP contribution in [0.3, 0.4) is 0 Å². The minimum absolute atomic E-state index is 0.151. The standard InChI is InChI=1S/C13H17ClFNO/c1-8-6-9(14)11(15)10(12(8)17-2)13(7-16)4-3-5-13/h6H,3-5,7,16H2,1-2H3. The molecule has 0 heterocycles. The summed E-state index contributed by atoms with van der Waals surface area (Å²) in [5, 5.41) is 0.151. The molecule has 2 N–H and O–H groups in total. The third-order valence-electron chi connectivity index (χ3n) is 3.79. The zero-order chi connectivity index (χ0) is 12.6. The average Bonchev–Trinajstić information content (AvgIpc) is 2.24. The van der Waals surface area contributed by atoms with Crippen LogP contribution in [0.5, 0.6) is 5.75 Å². The summed E-state index contributed by atoms with van der Waals surface area (Å²) in [5.41, 5.74) is 6.97. The fraction of sp³-hybridized carbons (Fsp3) is 0.538. The monoisotopic (exact) mass is 257 g/mol. The fourth-order valence-electron chi connectivity index (χ4n) is 2.63. The molecule has 1 aliphatic rings. The number of ether oxygens (including phenoxy) is 1. The molecule has 1 aliphatic carbocycles. The van der Waals surface area contributed by atoms with E-state index in [1.807, 2.05) is 6.92 Å². The van der Waals surface area contributed by atoms with E-state index in [1.54, 1.807) is 13.2 Å². The van der Waals surface area contributed by atoms with Crippen LogP contribution in [0.4, 0.5) is 4.39 Å². The number of aryl methyl sites for hydroxylation is 1. The molecular weight excluding hydrogens is 241 g/mol. The Morgan fingerprint density at radius 3 is 2.59 bits per heavy atom. The lowest BCUT2D eigenvalue weighted by atomic mass is 9.64. The molecule has 2 rings (SSSR count). The van der Waals surface area contributed by atoms with E-state index in [2.05, 4.69) is 0 Å². The molecule has 17 heavy (non-hydrogen) atoms. The second-order valence-corrected chi connectivity index (χ2v) is 5.14. The van der Waals surface area contributed by atoms with Crippen molar-refractivity contribution >= 4 is 11.6 Å². The minimum Gasteiger partial charge on any atom is -0.496 e. The van der Waals surface area contributed by atoms with Crippen molar-refractivity contribution in [2.45, 2.75) is 31.6 Å². The van der Waals surface area contributed by atoms with Gasteiger partial charge in [-0.2, -0.15) is 0 Å². The minimum atomic E-state index is -0.376. The SMILES string of the molecule is COc1c(C)cc(Cl)c(F)c1C1(CN)CCC1. The predicted octanol–water partition coefficient (Wildman–Crippen LogP) is 3.18. The first-order valence-corrected chi connectivity index (χ1v) is 6.16. The highest BCUT2D eigenvalue weighted by Gasteiger charge is 2.42. The third kappa shape index (κ3) is 1.81. The number of hydrogen-bond donors (Lipinski definition) is 1. The van der Waals surface area contributed by atoms with Crippen molar-refractivity contribution in [2.75, 3.05) is 13.7 Å². The van der Waals surface area contributed by atoms with Gasteiger partial charge in [0.25, 0.3) is 0 Å². The van der Waals surface area contributed by atoms with Crippen molar-refractivity contribution in [3.05, 3.63) is 28.0 Å². The highest BCUT2D eigenvalue weighted by atomic mass is 35.5. The van der Waals surface area contributed by atoms with Gasteiger partial charge in [0.15, 0.2) is 0 Å². The maximum absolute atomic E-state index is 14.3. The van der Waals surface area contributed by atoms with E-state index < -0.39 is 0 Å². The van der Waals surface area contributed by atoms with Crippen LogP contribution in [0.25, 0.3) is 0 Å². The average molecular weight is 258 g/mol. The van der Waals surface area contributed by atoms with E-state index in [9.17, 15) is 4.39 Å². The van der Waals surface area contributed by atoms with Gasteiger partial charge in [-0.25, -0.2) is 4.39 Å². The number of hydrogen-bond acceptors (Lipinski definition) is 2. The summed E-state index contributed by atoms with van der Waals surface area (Å²) in [6, 6.07) is 1.60. The van der Waals surface area contributed by atoms with Gasteiger partial charge < -0.3 is 10.5 Å². The van der Waals surface area contributed by atoms with Crippen LogP contribution in [0.15, 0.2) is 6.07 Å². The first-order chi connectivity index (χ1) is 8.05. The Kier molecular flexibility index (Phi) is 3.32. The first-order valence-electron chi connectivity index (χ1n) is 5.79. The molecular formula is C13H17ClFNO. The molecule has 0 radical (unpaired) electrons. The molecule has 0 saturated heterocycles. The van der Waals surface area contributed by atoms with Crippen LogP contribution in [-0.4, -0.2) is 13.7 Å². The van der Waals surface area contributed by atoms with Crippen molar-refractivity contribution in [3.8, 4) is 5.75 Å². The van der Waals surface area contributed by atoms with E-state index in [0.717, 1.165) is 24.8 Å². The molecule has 1 fully saturated rings. The third-order valence-corrected chi connectivity index (χ3v) is 4.07. The molecule has 0 bridgehead atoms. The van der Waals surface area contributed by atoms with Gasteiger partial charge in [-0.1, -0.05) is 18.0 Å². The number of halogens is 2. The molecule has 1 aromatic rings. The highest BCUT2D eigenvalue weighted by molar-refractivity contribution is 6.31. The maximum atomic E-state index is 14.3. The second-order valence-electron chi connectivity index (χ2n) is 4.74. The van der Waals surface area contributed by atoms with Crippen molar-refractivity contribution in [3.63, 3.8) is 0 Å². The van der Waals surface area contributed by atoms with Gasteiger partial charge in [0.2, 0.25) is 0 Å². The van der Waals surface area contributed by atoms with Crippen molar-refractivity contribution in [1.82, 2.24) is 0 Å². The van der Waals surface area contributed by atoms with Gasteiger partial charge in [0.05, 0.1) is 12.1 Å². The molecule has 1 aromatic carbocycles. The smallest absolute Gasteiger partial charge is 0.149 e. The van der Waals surface area contributed by atoms with Gasteiger partial charge in [0.1, 0.15) is 11.6 Å². The highest BCUT2D eigenvalue weighted by Crippen LogP contribution is 2.49. The van der Waals surface area contributed by atoms with Gasteiger partial charge in [-0.05, 0) is 31.4 Å². The van der Waals surface area contributed by atoms with Crippen LogP contribution in [0, 0.1) is 12.7 Å². The Hall–Kier alpha value is -0.800. The summed E-state index contributed by atoms with van der Waals surface area (Å²) in [4.78, 5) is 0. The Morgan fingerprint density at radius 2 is 2.18 bits per heavy atom. The first kappa shape index (κ1) is 12.7. The van der Waals surface area contributed by atoms with E-state index in [1.165, 1.54) is 0 Å². The molecule has 4 heteroatoms. The molecule has 0 aliphatic heterocycles. The summed E-state index contributed by atoms with van der Waals surface area (Å²) < 4.78 is 19.6. The number of methoxy groups -OCH3 is 1. The normalized spacial score (nSPS) is 17.7. The van der Waals surface area contributed by atoms with E-state index in [4.69, 9.17) is 22.1 Å². The summed E-state index contributed by atoms with van der Waals surface area (Å²) in [7, 11) is 1.56. The molecule has 2 nitrogen and oxygen atoms in total. The zero-order valence-corrected chi connectivity index (χ0v) is 10.9. The molecule has 0 unspecified atom stereocenters. The van der Waals surface area contributed by atoms with Gasteiger partial charge >= 0.3 is 0 Å². The van der Waals surface area contributed by atoms with Crippen LogP contribution >= 0.6 is 11.6 Å². The largest absolute Gasteiger partial charge is 0.496 e. The Balaban J connectivity index is 2.65. The van der Waals surface area contributed by atoms with Gasteiger partial charge in [-0.15, -0.1) is 0 Å². The Labute approximate surface area is 106 Å². The van der Waals surface area contributed by atoms with E-state index in [0.29, 0.717) is 17.9 Å². The van der Waals surface area contributed by atoms with Crippen molar-refractivity contribution in [1.29, 1.82) is 0 Å². The van der Waals surface area contributed by atoms with E-state index in [-0.39, 0.29) is 16.3 Å². The fourth-order valence-corrected chi connectivity index (χ4v) is 2.89. The lowest BCUT2D eigenvalue weighted by Crippen LogP contribution is -2.42. The van der Waals surface area contributed by atoms with E-state index >= 15 is 0 Å². The number of rotatable bonds is 3. The van der Waals surface area contributed by atoms with Crippen molar-refractivity contribution < 1.29 is 9.13 Å². The quantitative estimate of drug-likeness (QED) is 0.903. The molecule has 0 spiro atoms. The van der Waals surface area contributed by atoms with Crippen molar-refractivity contribution in [2.24, 2.45) is 5.73 Å². The summed E-state index contributed by atoms with van der Waals surface area (Å²) in [5.74, 6) is 0.219. The molecule has 0 amide bonds. The molecule has 0 aromatic heterocycles. The number of nitrogens with two attached hydrogens (primary N) is 1. The predicted molar refractivity (Wildman–Crippen MR) is 67.3 cm³/mol. The maximum Gasteiger partial charge on any atom is 0.149 e. The zero-order valence-electron chi connectivity index (χ0n) is 10.1. The number of benzene rings is 1. The van der Waals surface area contributed by atoms with Crippen LogP contribution in [0.2, 0.25) is 5.02 Å². The topological polar surface area (TPSA) is 35.2 Å². The van der Waals surface area contributed by atoms with Gasteiger partial charge in [0, 0.05) is 17.5 Å². The molecule has 1 saturated carbocycles.